The molecule has 0 bridgehead atoms. The maximum Gasteiger partial charge on any atom is 0.407 e. The molecule has 4 aliphatic rings. The van der Waals surface area contributed by atoms with Crippen molar-refractivity contribution in [3.05, 3.63) is 111 Å². The molecule has 1 fully saturated rings. The SMILES string of the molecule is CC1=C(C)C2C(c3ccc(Cl)cc3)=N[C@@H](CC(=O)Nc3ccc(OCCOCCN(CCOCCNc4cccc5c4C(=O)N(C4CCC(=O)NC4=O)C5=O)C(=O)CCCCCCCCCNC(=O)OC(C)(C)C)cc3)c3nnc(C)n3C2S1. The van der Waals surface area contributed by atoms with E-state index < -0.39 is 47.4 Å². The molecule has 0 radical (unpaired) electrons. The number of aromatic nitrogens is 3. The zero-order valence-electron chi connectivity index (χ0n) is 48.8. The summed E-state index contributed by atoms with van der Waals surface area (Å²) in [5.41, 5.74) is 3.88. The van der Waals surface area contributed by atoms with Gasteiger partial charge in [0, 0.05) is 55.4 Å². The minimum Gasteiger partial charge on any atom is -0.491 e. The monoisotopic (exact) mass is 1190 g/mol. The number of carbonyl (C=O) groups is 7. The van der Waals surface area contributed by atoms with E-state index in [4.69, 9.17) is 35.5 Å². The first-order valence-electron chi connectivity index (χ1n) is 29.0. The molecule has 5 heterocycles. The molecule has 4 aromatic rings. The number of hydrogen-bond donors (Lipinski definition) is 4. The van der Waals surface area contributed by atoms with Gasteiger partial charge in [-0.15, -0.1) is 22.0 Å². The van der Waals surface area contributed by atoms with E-state index in [9.17, 15) is 33.6 Å². The van der Waals surface area contributed by atoms with Crippen LogP contribution >= 0.6 is 23.4 Å². The van der Waals surface area contributed by atoms with Crippen molar-refractivity contribution >= 4 is 82.0 Å². The number of imide groups is 2. The van der Waals surface area contributed by atoms with E-state index in [0.717, 1.165) is 66.9 Å². The number of thioether (sulfide) groups is 1. The van der Waals surface area contributed by atoms with E-state index in [2.05, 4.69) is 49.9 Å². The Hall–Kier alpha value is -7.14. The van der Waals surface area contributed by atoms with Crippen molar-refractivity contribution in [3.63, 3.8) is 0 Å². The number of aliphatic imine (C=N–C) groups is 1. The van der Waals surface area contributed by atoms with Crippen LogP contribution in [-0.4, -0.2) is 143 Å². The Bertz CT molecular complexity index is 3090. The molecule has 3 aromatic carbocycles. The summed E-state index contributed by atoms with van der Waals surface area (Å²) in [5.74, 6) is -0.576. The summed E-state index contributed by atoms with van der Waals surface area (Å²) in [7, 11) is 0. The molecule has 21 nitrogen and oxygen atoms in total. The van der Waals surface area contributed by atoms with Crippen molar-refractivity contribution in [2.75, 3.05) is 69.8 Å². The highest BCUT2D eigenvalue weighted by Crippen LogP contribution is 2.53. The van der Waals surface area contributed by atoms with E-state index in [0.29, 0.717) is 54.0 Å². The number of allylic oxidation sites excluding steroid dienone is 2. The lowest BCUT2D eigenvalue weighted by molar-refractivity contribution is -0.136. The third kappa shape index (κ3) is 16.6. The Morgan fingerprint density at radius 3 is 2.23 bits per heavy atom. The van der Waals surface area contributed by atoms with Gasteiger partial charge in [0.1, 0.15) is 35.9 Å². The van der Waals surface area contributed by atoms with E-state index in [1.54, 1.807) is 53.1 Å². The zero-order chi connectivity index (χ0) is 59.9. The summed E-state index contributed by atoms with van der Waals surface area (Å²) in [6, 6.07) is 18.0. The molecule has 450 valence electrons. The second-order valence-corrected chi connectivity index (χ2v) is 24.0. The minimum absolute atomic E-state index is 0.00686. The zero-order valence-corrected chi connectivity index (χ0v) is 50.3. The van der Waals surface area contributed by atoms with Gasteiger partial charge in [-0.25, -0.2) is 4.79 Å². The van der Waals surface area contributed by atoms with Gasteiger partial charge in [0.15, 0.2) is 5.82 Å². The molecule has 4 atom stereocenters. The fraction of sp³-hybridized carbons (Fsp3) is 0.508. The number of piperidine rings is 1. The minimum atomic E-state index is -1.07. The van der Waals surface area contributed by atoms with Gasteiger partial charge in [-0.3, -0.25) is 48.5 Å². The molecule has 7 amide bonds. The second-order valence-electron chi connectivity index (χ2n) is 22.2. The van der Waals surface area contributed by atoms with E-state index in [-0.39, 0.29) is 93.1 Å². The molecule has 1 aromatic heterocycles. The predicted octanol–water partition coefficient (Wildman–Crippen LogP) is 9.37. The fourth-order valence-corrected chi connectivity index (χ4v) is 12.2. The Morgan fingerprint density at radius 1 is 0.810 bits per heavy atom. The molecule has 4 aliphatic heterocycles. The number of fused-ring (bicyclic) bond motifs is 4. The molecule has 8 rings (SSSR count). The lowest BCUT2D eigenvalue weighted by Crippen LogP contribution is -2.54. The number of carbonyl (C=O) groups excluding carboxylic acids is 7. The van der Waals surface area contributed by atoms with Crippen molar-refractivity contribution in [1.29, 1.82) is 0 Å². The van der Waals surface area contributed by atoms with Gasteiger partial charge in [0.25, 0.3) is 11.8 Å². The van der Waals surface area contributed by atoms with Crippen LogP contribution in [0.15, 0.2) is 82.2 Å². The number of hydrogen-bond acceptors (Lipinski definition) is 16. The maximum atomic E-state index is 13.7. The summed E-state index contributed by atoms with van der Waals surface area (Å²) in [4.78, 5) is 99.6. The van der Waals surface area contributed by atoms with Gasteiger partial charge >= 0.3 is 6.09 Å². The Balaban J connectivity index is 0.778. The molecule has 23 heteroatoms. The number of nitrogens with zero attached hydrogens (tertiary/aromatic N) is 6. The third-order valence-electron chi connectivity index (χ3n) is 14.9. The van der Waals surface area contributed by atoms with Crippen LogP contribution < -0.4 is 26.0 Å². The number of halogens is 1. The number of alkyl carbamates (subject to hydrolysis) is 1. The lowest BCUT2D eigenvalue weighted by atomic mass is 9.90. The number of amides is 7. The van der Waals surface area contributed by atoms with Crippen LogP contribution in [0.3, 0.4) is 0 Å². The highest BCUT2D eigenvalue weighted by Gasteiger charge is 2.46. The first-order chi connectivity index (χ1) is 40.4. The normalized spacial score (nSPS) is 18.4. The first kappa shape index (κ1) is 62.9. The Kier molecular flexibility index (Phi) is 22.2. The van der Waals surface area contributed by atoms with Crippen molar-refractivity contribution < 1.29 is 52.5 Å². The van der Waals surface area contributed by atoms with E-state index in [1.165, 1.54) is 16.5 Å². The van der Waals surface area contributed by atoms with Gasteiger partial charge in [0.2, 0.25) is 23.6 Å². The maximum absolute atomic E-state index is 13.7. The van der Waals surface area contributed by atoms with Crippen molar-refractivity contribution in [2.24, 2.45) is 10.9 Å². The summed E-state index contributed by atoms with van der Waals surface area (Å²) in [5, 5.41) is 20.8. The van der Waals surface area contributed by atoms with Gasteiger partial charge in [0.05, 0.1) is 61.0 Å². The van der Waals surface area contributed by atoms with Crippen molar-refractivity contribution in [2.45, 2.75) is 135 Å². The largest absolute Gasteiger partial charge is 0.491 e. The molecule has 1 saturated heterocycles. The first-order valence-corrected chi connectivity index (χ1v) is 30.2. The van der Waals surface area contributed by atoms with Crippen LogP contribution in [0, 0.1) is 12.8 Å². The highest BCUT2D eigenvalue weighted by atomic mass is 35.5. The molecule has 0 saturated carbocycles. The number of ether oxygens (including phenoxy) is 4. The summed E-state index contributed by atoms with van der Waals surface area (Å²) in [6.07, 6.45) is 6.67. The number of aryl methyl sites for hydroxylation is 1. The molecule has 0 aliphatic carbocycles. The topological polar surface area (TPSA) is 254 Å². The average Bonchev–Trinajstić information content (AvgIpc) is 2.42. The standard InChI is InChI=1S/C61H77ClN10O11S/c1-38-39(2)84-59-52(38)54(41-18-20-42(62)21-19-41)66-47(55-69-68-40(3)71(55)59)37-50(74)65-43-22-24-44(25-23-43)82-36-35-81-34-31-70(51(75)17-12-10-8-7-9-11-13-28-64-60(79)83-61(4,5)6)30-33-80-32-29-63-46-16-14-15-45-53(46)58(78)72(57(45)77)48-26-27-49(73)67-56(48)76/h14-16,18-25,47-48,52,59,63H,7-13,17,26-37H2,1-6H3,(H,64,79)(H,65,74)(H,67,73,76)/t47-,48?,52?,59?/m0/s1. The number of anilines is 2. The number of benzene rings is 3. The van der Waals surface area contributed by atoms with Gasteiger partial charge in [-0.2, -0.15) is 0 Å². The summed E-state index contributed by atoms with van der Waals surface area (Å²) in [6.45, 7) is 14.5. The van der Waals surface area contributed by atoms with Crippen molar-refractivity contribution in [3.8, 4) is 5.75 Å². The second kappa shape index (κ2) is 29.6. The molecule has 84 heavy (non-hydrogen) atoms. The van der Waals surface area contributed by atoms with Crippen LogP contribution in [0.25, 0.3) is 0 Å². The number of unbranched alkanes of at least 4 members (excludes halogenated alkanes) is 6. The van der Waals surface area contributed by atoms with Crippen LogP contribution in [-0.2, 0) is 33.4 Å². The van der Waals surface area contributed by atoms with Crippen LogP contribution in [0.4, 0.5) is 16.2 Å². The van der Waals surface area contributed by atoms with Gasteiger partial charge in [-0.05, 0) is 120 Å². The van der Waals surface area contributed by atoms with E-state index in [1.807, 2.05) is 52.0 Å². The molecular formula is C61H77ClN10O11S. The molecule has 3 unspecified atom stereocenters. The quantitative estimate of drug-likeness (QED) is 0.0292. The van der Waals surface area contributed by atoms with Gasteiger partial charge < -0.3 is 39.8 Å². The third-order valence-corrected chi connectivity index (χ3v) is 16.6. The molecule has 0 spiro atoms. The highest BCUT2D eigenvalue weighted by molar-refractivity contribution is 8.03. The smallest absolute Gasteiger partial charge is 0.407 e. The average molecular weight is 1190 g/mol. The number of nitrogens with one attached hydrogen (secondary N) is 4. The fourth-order valence-electron chi connectivity index (χ4n) is 10.6. The predicted molar refractivity (Wildman–Crippen MR) is 320 cm³/mol. The molecular weight excluding hydrogens is 1120 g/mol. The van der Waals surface area contributed by atoms with Crippen LogP contribution in [0.2, 0.25) is 5.02 Å². The summed E-state index contributed by atoms with van der Waals surface area (Å²) < 4.78 is 25.3. The van der Waals surface area contributed by atoms with E-state index >= 15 is 0 Å². The lowest BCUT2D eigenvalue weighted by Gasteiger charge is -2.27. The van der Waals surface area contributed by atoms with Crippen LogP contribution in [0.5, 0.6) is 5.75 Å². The molecule has 4 N–H and O–H groups in total. The Labute approximate surface area is 499 Å². The van der Waals surface area contributed by atoms with Gasteiger partial charge in [-0.1, -0.05) is 67.5 Å². The van der Waals surface area contributed by atoms with Crippen molar-refractivity contribution in [1.82, 2.24) is 35.2 Å². The summed E-state index contributed by atoms with van der Waals surface area (Å²) >= 11 is 8.06. The van der Waals surface area contributed by atoms with Crippen LogP contribution in [0.1, 0.15) is 155 Å². The number of rotatable bonds is 29. The Morgan fingerprint density at radius 2 is 1.51 bits per heavy atom.